The van der Waals surface area contributed by atoms with Gasteiger partial charge in [0.2, 0.25) is 0 Å². The average Bonchev–Trinajstić information content (AvgIpc) is 3.42. The van der Waals surface area contributed by atoms with E-state index in [4.69, 9.17) is 14.2 Å². The molecule has 0 aliphatic heterocycles. The number of unbranched alkanes of at least 4 members (excludes halogenated alkanes) is 46. The van der Waals surface area contributed by atoms with Crippen molar-refractivity contribution in [2.45, 2.75) is 380 Å². The SMILES string of the molecule is CCCCCCC/C=C\C/C=C\CCCCCCCCCCCC(=O)OC(COC(=O)CCCCCCC/C=C\CCCCCCC)COC(=O)CCCCCCCCCCCCCCCCCCCCCCCCC. The normalized spacial score (nSPS) is 12.2. The molecule has 0 aromatic heterocycles. The number of allylic oxidation sites excluding steroid dienone is 6. The molecule has 0 rings (SSSR count). The number of ether oxygens (including phenoxy) is 3. The number of carbonyl (C=O) groups excluding carboxylic acids is 3. The molecule has 6 nitrogen and oxygen atoms in total. The highest BCUT2D eigenvalue weighted by atomic mass is 16.6. The van der Waals surface area contributed by atoms with Crippen molar-refractivity contribution in [3.05, 3.63) is 36.5 Å². The molecule has 0 N–H and O–H groups in total. The van der Waals surface area contributed by atoms with Gasteiger partial charge in [-0.15, -0.1) is 0 Å². The van der Waals surface area contributed by atoms with Crippen LogP contribution in [0.15, 0.2) is 36.5 Å². The van der Waals surface area contributed by atoms with Crippen molar-refractivity contribution in [1.29, 1.82) is 0 Å². The van der Waals surface area contributed by atoms with Gasteiger partial charge in [0.1, 0.15) is 13.2 Å². The molecule has 0 saturated heterocycles. The van der Waals surface area contributed by atoms with Gasteiger partial charge in [-0.25, -0.2) is 0 Å². The molecule has 76 heavy (non-hydrogen) atoms. The van der Waals surface area contributed by atoms with Gasteiger partial charge in [0, 0.05) is 19.3 Å². The number of rotatable bonds is 63. The third kappa shape index (κ3) is 62.5. The van der Waals surface area contributed by atoms with E-state index in [2.05, 4.69) is 57.2 Å². The van der Waals surface area contributed by atoms with Gasteiger partial charge in [-0.05, 0) is 77.0 Å². The fraction of sp³-hybridized carbons (Fsp3) is 0.871. The van der Waals surface area contributed by atoms with E-state index in [1.165, 1.54) is 263 Å². The van der Waals surface area contributed by atoms with Crippen molar-refractivity contribution in [2.75, 3.05) is 13.2 Å². The summed E-state index contributed by atoms with van der Waals surface area (Å²) in [6, 6.07) is 0. The van der Waals surface area contributed by atoms with E-state index >= 15 is 0 Å². The van der Waals surface area contributed by atoms with E-state index in [0.717, 1.165) is 70.6 Å². The van der Waals surface area contributed by atoms with Crippen molar-refractivity contribution < 1.29 is 28.6 Å². The first kappa shape index (κ1) is 73.6. The highest BCUT2D eigenvalue weighted by Crippen LogP contribution is 2.18. The predicted molar refractivity (Wildman–Crippen MR) is 330 cm³/mol. The second-order valence-corrected chi connectivity index (χ2v) is 23.1. The Balaban J connectivity index is 4.28. The highest BCUT2D eigenvalue weighted by Gasteiger charge is 2.19. The topological polar surface area (TPSA) is 78.9 Å². The van der Waals surface area contributed by atoms with Crippen LogP contribution in [-0.2, 0) is 28.6 Å². The Morgan fingerprint density at radius 2 is 0.474 bits per heavy atom. The van der Waals surface area contributed by atoms with Gasteiger partial charge in [0.25, 0.3) is 0 Å². The lowest BCUT2D eigenvalue weighted by atomic mass is 10.0. The minimum Gasteiger partial charge on any atom is -0.462 e. The van der Waals surface area contributed by atoms with Crippen molar-refractivity contribution in [2.24, 2.45) is 0 Å². The standard InChI is InChI=1S/C70H130O6/c1-4-7-10-13-16-19-22-25-28-30-32-34-35-37-38-40-42-45-48-51-54-57-60-63-69(72)75-66-67(65-74-68(71)62-59-56-53-50-47-44-27-24-21-18-15-12-9-6-3)76-70(73)64-61-58-55-52-49-46-43-41-39-36-33-31-29-26-23-20-17-14-11-8-5-2/h23-24,26-27,31,33,67H,4-22,25,28-30,32,34-66H2,1-3H3/b26-23-,27-24-,33-31-. The molecule has 1 atom stereocenters. The molecule has 0 fully saturated rings. The number of esters is 3. The molecule has 0 radical (unpaired) electrons. The summed E-state index contributed by atoms with van der Waals surface area (Å²) in [7, 11) is 0. The molecule has 446 valence electrons. The van der Waals surface area contributed by atoms with Crippen LogP contribution in [0.5, 0.6) is 0 Å². The molecule has 0 aromatic rings. The van der Waals surface area contributed by atoms with E-state index in [1.54, 1.807) is 0 Å². The number of carbonyl (C=O) groups is 3. The van der Waals surface area contributed by atoms with E-state index in [9.17, 15) is 14.4 Å². The summed E-state index contributed by atoms with van der Waals surface area (Å²) in [4.78, 5) is 38.4. The fourth-order valence-electron chi connectivity index (χ4n) is 10.2. The Bertz CT molecular complexity index is 1270. The van der Waals surface area contributed by atoms with Crippen molar-refractivity contribution in [1.82, 2.24) is 0 Å². The Morgan fingerprint density at radius 3 is 0.737 bits per heavy atom. The zero-order chi connectivity index (χ0) is 55.0. The fourth-order valence-corrected chi connectivity index (χ4v) is 10.2. The van der Waals surface area contributed by atoms with Gasteiger partial charge < -0.3 is 14.2 Å². The van der Waals surface area contributed by atoms with E-state index in [0.29, 0.717) is 19.3 Å². The third-order valence-corrected chi connectivity index (χ3v) is 15.4. The van der Waals surface area contributed by atoms with Crippen LogP contribution in [0.25, 0.3) is 0 Å². The van der Waals surface area contributed by atoms with Crippen molar-refractivity contribution in [3.63, 3.8) is 0 Å². The van der Waals surface area contributed by atoms with E-state index in [1.807, 2.05) is 0 Å². The maximum Gasteiger partial charge on any atom is 0.306 e. The second-order valence-electron chi connectivity index (χ2n) is 23.1. The van der Waals surface area contributed by atoms with Gasteiger partial charge in [0.05, 0.1) is 0 Å². The summed E-state index contributed by atoms with van der Waals surface area (Å²) in [6.07, 6.45) is 80.2. The van der Waals surface area contributed by atoms with E-state index in [-0.39, 0.29) is 31.1 Å². The lowest BCUT2D eigenvalue weighted by Gasteiger charge is -2.18. The van der Waals surface area contributed by atoms with Crippen LogP contribution in [0.4, 0.5) is 0 Å². The summed E-state index contributed by atoms with van der Waals surface area (Å²) >= 11 is 0. The van der Waals surface area contributed by atoms with Crippen LogP contribution in [0.3, 0.4) is 0 Å². The zero-order valence-electron chi connectivity index (χ0n) is 51.3. The molecule has 1 unspecified atom stereocenters. The van der Waals surface area contributed by atoms with Crippen LogP contribution in [0, 0.1) is 0 Å². The molecular weight excluding hydrogens is 937 g/mol. The summed E-state index contributed by atoms with van der Waals surface area (Å²) < 4.78 is 17.0. The molecule has 0 aliphatic carbocycles. The summed E-state index contributed by atoms with van der Waals surface area (Å²) in [5.74, 6) is -0.859. The lowest BCUT2D eigenvalue weighted by molar-refractivity contribution is -0.167. The largest absolute Gasteiger partial charge is 0.462 e. The van der Waals surface area contributed by atoms with Crippen molar-refractivity contribution >= 4 is 17.9 Å². The molecule has 0 saturated carbocycles. The Kier molecular flexibility index (Phi) is 63.1. The van der Waals surface area contributed by atoms with Gasteiger partial charge in [-0.2, -0.15) is 0 Å². The number of hydrogen-bond acceptors (Lipinski definition) is 6. The summed E-state index contributed by atoms with van der Waals surface area (Å²) in [6.45, 7) is 6.68. The molecule has 0 aliphatic rings. The molecule has 0 heterocycles. The zero-order valence-corrected chi connectivity index (χ0v) is 51.3. The van der Waals surface area contributed by atoms with E-state index < -0.39 is 6.10 Å². The smallest absolute Gasteiger partial charge is 0.306 e. The Labute approximate surface area is 474 Å². The van der Waals surface area contributed by atoms with Gasteiger partial charge in [-0.1, -0.05) is 314 Å². The first-order valence-electron chi connectivity index (χ1n) is 34.0. The summed E-state index contributed by atoms with van der Waals surface area (Å²) in [5.41, 5.74) is 0. The first-order chi connectivity index (χ1) is 37.5. The predicted octanol–water partition coefficient (Wildman–Crippen LogP) is 23.2. The average molecular weight is 1070 g/mol. The molecule has 0 spiro atoms. The van der Waals surface area contributed by atoms with Crippen LogP contribution < -0.4 is 0 Å². The molecule has 6 heteroatoms. The third-order valence-electron chi connectivity index (χ3n) is 15.4. The molecule has 0 bridgehead atoms. The van der Waals surface area contributed by atoms with Crippen molar-refractivity contribution in [3.8, 4) is 0 Å². The highest BCUT2D eigenvalue weighted by molar-refractivity contribution is 5.71. The first-order valence-corrected chi connectivity index (χ1v) is 34.0. The summed E-state index contributed by atoms with van der Waals surface area (Å²) in [5, 5.41) is 0. The van der Waals surface area contributed by atoms with Gasteiger partial charge in [0.15, 0.2) is 6.10 Å². The molecule has 0 aromatic carbocycles. The number of hydrogen-bond donors (Lipinski definition) is 0. The van der Waals surface area contributed by atoms with Gasteiger partial charge >= 0.3 is 17.9 Å². The lowest BCUT2D eigenvalue weighted by Crippen LogP contribution is -2.30. The minimum absolute atomic E-state index is 0.0720. The Morgan fingerprint density at radius 1 is 0.263 bits per heavy atom. The monoisotopic (exact) mass is 1070 g/mol. The molecular formula is C70H130O6. The van der Waals surface area contributed by atoms with Crippen LogP contribution >= 0.6 is 0 Å². The second kappa shape index (κ2) is 65.2. The maximum atomic E-state index is 12.9. The quantitative estimate of drug-likeness (QED) is 0.0261. The van der Waals surface area contributed by atoms with Crippen LogP contribution in [0.1, 0.15) is 374 Å². The van der Waals surface area contributed by atoms with Gasteiger partial charge in [-0.3, -0.25) is 14.4 Å². The maximum absolute atomic E-state index is 12.9. The molecule has 0 amide bonds. The Hall–Kier alpha value is -2.37. The minimum atomic E-state index is -0.776. The van der Waals surface area contributed by atoms with Crippen LogP contribution in [0.2, 0.25) is 0 Å². The van der Waals surface area contributed by atoms with Crippen LogP contribution in [-0.4, -0.2) is 37.2 Å².